The first kappa shape index (κ1) is 14.7. The van der Waals surface area contributed by atoms with Crippen molar-refractivity contribution in [2.45, 2.75) is 33.6 Å². The quantitative estimate of drug-likeness (QED) is 0.788. The summed E-state index contributed by atoms with van der Waals surface area (Å²) in [5.41, 5.74) is 7.57. The summed E-state index contributed by atoms with van der Waals surface area (Å²) in [7, 11) is 0. The van der Waals surface area contributed by atoms with Crippen LogP contribution in [0.5, 0.6) is 0 Å². The molecule has 1 aromatic rings. The van der Waals surface area contributed by atoms with Gasteiger partial charge in [0, 0.05) is 6.54 Å². The van der Waals surface area contributed by atoms with Crippen LogP contribution in [0, 0.1) is 12.3 Å². The van der Waals surface area contributed by atoms with Crippen LogP contribution in [0.25, 0.3) is 0 Å². The number of aryl methyl sites for hydroxylation is 1. The highest BCUT2D eigenvalue weighted by Crippen LogP contribution is 2.28. The number of nitrogens with two attached hydrogens (primary N) is 1. The van der Waals surface area contributed by atoms with Crippen molar-refractivity contribution < 1.29 is 9.53 Å². The second kappa shape index (κ2) is 6.55. The zero-order valence-corrected chi connectivity index (χ0v) is 11.5. The first-order chi connectivity index (χ1) is 8.57. The summed E-state index contributed by atoms with van der Waals surface area (Å²) in [5, 5.41) is 0. The van der Waals surface area contributed by atoms with E-state index in [9.17, 15) is 4.79 Å². The molecule has 1 rings (SSSR count). The van der Waals surface area contributed by atoms with Gasteiger partial charge in [0.05, 0.1) is 12.0 Å². The Kier molecular flexibility index (Phi) is 5.35. The average molecular weight is 249 g/mol. The molecule has 100 valence electrons. The van der Waals surface area contributed by atoms with E-state index in [0.717, 1.165) is 5.56 Å². The van der Waals surface area contributed by atoms with E-state index in [2.05, 4.69) is 24.3 Å². The summed E-state index contributed by atoms with van der Waals surface area (Å²) in [5.74, 6) is -0.185. The van der Waals surface area contributed by atoms with E-state index in [4.69, 9.17) is 10.5 Å². The molecule has 0 saturated carbocycles. The van der Waals surface area contributed by atoms with Gasteiger partial charge in [0.25, 0.3) is 0 Å². The fourth-order valence-electron chi connectivity index (χ4n) is 2.02. The standard InChI is InChI=1S/C15H23NO2/c1-4-15(11-16,14(17)18-5-2)10-13-8-6-12(3)7-9-13/h6-9H,4-5,10-11,16H2,1-3H3. The first-order valence-electron chi connectivity index (χ1n) is 6.50. The van der Waals surface area contributed by atoms with Gasteiger partial charge in [-0.2, -0.15) is 0 Å². The van der Waals surface area contributed by atoms with Crippen LogP contribution >= 0.6 is 0 Å². The minimum Gasteiger partial charge on any atom is -0.466 e. The zero-order valence-electron chi connectivity index (χ0n) is 11.5. The highest BCUT2D eigenvalue weighted by molar-refractivity contribution is 5.77. The second-order valence-electron chi connectivity index (χ2n) is 4.72. The second-order valence-corrected chi connectivity index (χ2v) is 4.72. The van der Waals surface area contributed by atoms with Crippen molar-refractivity contribution in [3.63, 3.8) is 0 Å². The minimum atomic E-state index is -0.592. The highest BCUT2D eigenvalue weighted by Gasteiger charge is 2.36. The van der Waals surface area contributed by atoms with Crippen molar-refractivity contribution in [3.8, 4) is 0 Å². The van der Waals surface area contributed by atoms with E-state index >= 15 is 0 Å². The maximum absolute atomic E-state index is 12.1. The van der Waals surface area contributed by atoms with Crippen LogP contribution in [0.4, 0.5) is 0 Å². The number of hydrogen-bond acceptors (Lipinski definition) is 3. The van der Waals surface area contributed by atoms with Crippen LogP contribution in [0.2, 0.25) is 0 Å². The lowest BCUT2D eigenvalue weighted by molar-refractivity contribution is -0.155. The van der Waals surface area contributed by atoms with E-state index in [1.165, 1.54) is 5.56 Å². The Balaban J connectivity index is 2.91. The SMILES string of the molecule is CCOC(=O)C(CC)(CN)Cc1ccc(C)cc1. The predicted molar refractivity (Wildman–Crippen MR) is 73.3 cm³/mol. The van der Waals surface area contributed by atoms with Gasteiger partial charge >= 0.3 is 5.97 Å². The molecule has 2 N–H and O–H groups in total. The molecule has 0 aliphatic rings. The summed E-state index contributed by atoms with van der Waals surface area (Å²) in [6, 6.07) is 8.21. The molecule has 0 fully saturated rings. The monoisotopic (exact) mass is 249 g/mol. The largest absolute Gasteiger partial charge is 0.466 e. The van der Waals surface area contributed by atoms with E-state index in [1.807, 2.05) is 20.8 Å². The smallest absolute Gasteiger partial charge is 0.313 e. The summed E-state index contributed by atoms with van der Waals surface area (Å²) in [4.78, 5) is 12.1. The van der Waals surface area contributed by atoms with Gasteiger partial charge in [0.15, 0.2) is 0 Å². The molecule has 0 spiro atoms. The van der Waals surface area contributed by atoms with Crippen LogP contribution in [0.3, 0.4) is 0 Å². The first-order valence-corrected chi connectivity index (χ1v) is 6.50. The molecule has 3 nitrogen and oxygen atoms in total. The molecule has 0 aromatic heterocycles. The average Bonchev–Trinajstić information content (AvgIpc) is 2.38. The third-order valence-corrected chi connectivity index (χ3v) is 3.44. The maximum atomic E-state index is 12.1. The lowest BCUT2D eigenvalue weighted by Gasteiger charge is -2.28. The maximum Gasteiger partial charge on any atom is 0.313 e. The van der Waals surface area contributed by atoms with E-state index in [0.29, 0.717) is 26.0 Å². The third kappa shape index (κ3) is 3.33. The molecule has 0 aliphatic heterocycles. The Bertz CT molecular complexity index is 380. The zero-order chi connectivity index (χ0) is 13.6. The minimum absolute atomic E-state index is 0.185. The molecule has 0 heterocycles. The van der Waals surface area contributed by atoms with Crippen molar-refractivity contribution in [2.75, 3.05) is 13.2 Å². The van der Waals surface area contributed by atoms with Crippen LogP contribution in [0.1, 0.15) is 31.4 Å². The van der Waals surface area contributed by atoms with Crippen LogP contribution in [-0.4, -0.2) is 19.1 Å². The lowest BCUT2D eigenvalue weighted by atomic mass is 9.79. The van der Waals surface area contributed by atoms with Gasteiger partial charge in [-0.05, 0) is 32.3 Å². The Labute approximate surface area is 109 Å². The Morgan fingerprint density at radius 1 is 1.28 bits per heavy atom. The van der Waals surface area contributed by atoms with E-state index in [1.54, 1.807) is 0 Å². The van der Waals surface area contributed by atoms with Gasteiger partial charge in [0.2, 0.25) is 0 Å². The molecular weight excluding hydrogens is 226 g/mol. The normalized spacial score (nSPS) is 14.0. The predicted octanol–water partition coefficient (Wildman–Crippen LogP) is 2.46. The lowest BCUT2D eigenvalue weighted by Crippen LogP contribution is -2.41. The van der Waals surface area contributed by atoms with Gasteiger partial charge in [0.1, 0.15) is 0 Å². The van der Waals surface area contributed by atoms with E-state index < -0.39 is 5.41 Å². The number of esters is 1. The molecule has 0 bridgehead atoms. The topological polar surface area (TPSA) is 52.3 Å². The summed E-state index contributed by atoms with van der Waals surface area (Å²) in [6.45, 7) is 6.56. The number of ether oxygens (including phenoxy) is 1. The number of rotatable bonds is 6. The Hall–Kier alpha value is -1.35. The number of hydrogen-bond donors (Lipinski definition) is 1. The molecule has 0 radical (unpaired) electrons. The number of carbonyl (C=O) groups excluding carboxylic acids is 1. The summed E-state index contributed by atoms with van der Waals surface area (Å²) >= 11 is 0. The van der Waals surface area contributed by atoms with Gasteiger partial charge in [-0.25, -0.2) is 0 Å². The molecule has 3 heteroatoms. The molecule has 1 atom stereocenters. The van der Waals surface area contributed by atoms with Crippen molar-refractivity contribution in [3.05, 3.63) is 35.4 Å². The molecular formula is C15H23NO2. The van der Waals surface area contributed by atoms with Crippen molar-refractivity contribution >= 4 is 5.97 Å². The van der Waals surface area contributed by atoms with Gasteiger partial charge in [-0.15, -0.1) is 0 Å². The van der Waals surface area contributed by atoms with Crippen molar-refractivity contribution in [1.29, 1.82) is 0 Å². The van der Waals surface area contributed by atoms with Crippen molar-refractivity contribution in [1.82, 2.24) is 0 Å². The van der Waals surface area contributed by atoms with Gasteiger partial charge < -0.3 is 10.5 Å². The highest BCUT2D eigenvalue weighted by atomic mass is 16.5. The fourth-order valence-corrected chi connectivity index (χ4v) is 2.02. The van der Waals surface area contributed by atoms with Crippen LogP contribution < -0.4 is 5.73 Å². The summed E-state index contributed by atoms with van der Waals surface area (Å²) in [6.07, 6.45) is 1.33. The van der Waals surface area contributed by atoms with Gasteiger partial charge in [-0.1, -0.05) is 36.8 Å². The summed E-state index contributed by atoms with van der Waals surface area (Å²) < 4.78 is 5.17. The van der Waals surface area contributed by atoms with Gasteiger partial charge in [-0.3, -0.25) is 4.79 Å². The van der Waals surface area contributed by atoms with Crippen LogP contribution in [0.15, 0.2) is 24.3 Å². The molecule has 0 amide bonds. The molecule has 0 aliphatic carbocycles. The Morgan fingerprint density at radius 3 is 2.33 bits per heavy atom. The van der Waals surface area contributed by atoms with Crippen LogP contribution in [-0.2, 0) is 16.0 Å². The molecule has 0 saturated heterocycles. The number of carbonyl (C=O) groups is 1. The third-order valence-electron chi connectivity index (χ3n) is 3.44. The molecule has 1 aromatic carbocycles. The number of benzene rings is 1. The van der Waals surface area contributed by atoms with Crippen molar-refractivity contribution in [2.24, 2.45) is 11.1 Å². The fraction of sp³-hybridized carbons (Fsp3) is 0.533. The van der Waals surface area contributed by atoms with E-state index in [-0.39, 0.29) is 5.97 Å². The molecule has 1 unspecified atom stereocenters. The molecule has 18 heavy (non-hydrogen) atoms. The Morgan fingerprint density at radius 2 is 1.89 bits per heavy atom.